The lowest BCUT2D eigenvalue weighted by Gasteiger charge is -2.34. The molecule has 1 saturated heterocycles. The molecule has 0 aromatic heterocycles. The fourth-order valence-electron chi connectivity index (χ4n) is 3.04. The van der Waals surface area contributed by atoms with Gasteiger partial charge < -0.3 is 20.1 Å². The number of rotatable bonds is 7. The maximum atomic E-state index is 12.8. The molecule has 1 unspecified atom stereocenters. The van der Waals surface area contributed by atoms with Crippen LogP contribution in [-0.2, 0) is 19.1 Å². The molecule has 0 spiro atoms. The number of nitrogens with one attached hydrogen (secondary N) is 1. The van der Waals surface area contributed by atoms with Crippen LogP contribution in [0, 0.1) is 0 Å². The van der Waals surface area contributed by atoms with Crippen molar-refractivity contribution >= 4 is 17.8 Å². The molecule has 0 bridgehead atoms. The van der Waals surface area contributed by atoms with Crippen molar-refractivity contribution in [3.05, 3.63) is 35.9 Å². The molecule has 1 aromatic rings. The first-order valence-corrected chi connectivity index (χ1v) is 8.38. The van der Waals surface area contributed by atoms with E-state index >= 15 is 0 Å². The van der Waals surface area contributed by atoms with Gasteiger partial charge in [0.25, 0.3) is 0 Å². The van der Waals surface area contributed by atoms with Crippen LogP contribution >= 0.6 is 0 Å². The predicted molar refractivity (Wildman–Crippen MR) is 90.8 cm³/mol. The van der Waals surface area contributed by atoms with Crippen molar-refractivity contribution in [1.29, 1.82) is 0 Å². The average molecular weight is 348 g/mol. The van der Waals surface area contributed by atoms with Gasteiger partial charge in [0, 0.05) is 26.2 Å². The number of carboxylic acids is 1. The third-order valence-corrected chi connectivity index (χ3v) is 4.22. The minimum Gasteiger partial charge on any atom is -0.480 e. The minimum absolute atomic E-state index is 0.0221. The van der Waals surface area contributed by atoms with Crippen LogP contribution in [0.4, 0.5) is 0 Å². The van der Waals surface area contributed by atoms with Gasteiger partial charge >= 0.3 is 5.97 Å². The van der Waals surface area contributed by atoms with Gasteiger partial charge in [-0.05, 0) is 18.4 Å². The fraction of sp³-hybridized carbons (Fsp3) is 0.500. The van der Waals surface area contributed by atoms with Crippen LogP contribution in [0.15, 0.2) is 30.3 Å². The summed E-state index contributed by atoms with van der Waals surface area (Å²) in [4.78, 5) is 36.9. The van der Waals surface area contributed by atoms with Crippen molar-refractivity contribution in [2.24, 2.45) is 0 Å². The van der Waals surface area contributed by atoms with Gasteiger partial charge in [-0.2, -0.15) is 0 Å². The highest BCUT2D eigenvalue weighted by Crippen LogP contribution is 2.21. The number of carbonyl (C=O) groups excluding carboxylic acids is 2. The van der Waals surface area contributed by atoms with E-state index in [0.29, 0.717) is 26.1 Å². The Bertz CT molecular complexity index is 599. The summed E-state index contributed by atoms with van der Waals surface area (Å²) in [6.07, 6.45) is 1.26. The number of benzene rings is 1. The third kappa shape index (κ3) is 5.86. The highest BCUT2D eigenvalue weighted by Gasteiger charge is 2.29. The predicted octanol–water partition coefficient (Wildman–Crippen LogP) is 1.35. The van der Waals surface area contributed by atoms with E-state index in [1.165, 1.54) is 11.8 Å². The minimum atomic E-state index is -1.05. The molecular formula is C18H24N2O5. The first kappa shape index (κ1) is 18.9. The third-order valence-electron chi connectivity index (χ3n) is 4.22. The average Bonchev–Trinajstić information content (AvgIpc) is 2.60. The van der Waals surface area contributed by atoms with E-state index in [1.54, 1.807) is 0 Å². The normalized spacial score (nSPS) is 16.0. The van der Waals surface area contributed by atoms with E-state index in [1.807, 2.05) is 30.3 Å². The zero-order chi connectivity index (χ0) is 18.2. The van der Waals surface area contributed by atoms with Crippen LogP contribution in [0.1, 0.15) is 37.8 Å². The maximum Gasteiger partial charge on any atom is 0.323 e. The highest BCUT2D eigenvalue weighted by atomic mass is 16.5. The summed E-state index contributed by atoms with van der Waals surface area (Å²) < 4.78 is 5.30. The lowest BCUT2D eigenvalue weighted by molar-refractivity contribution is -0.148. The van der Waals surface area contributed by atoms with Crippen LogP contribution in [0.5, 0.6) is 0 Å². The summed E-state index contributed by atoms with van der Waals surface area (Å²) in [7, 11) is 0. The van der Waals surface area contributed by atoms with Gasteiger partial charge in [-0.3, -0.25) is 14.4 Å². The number of nitrogens with zero attached hydrogens (tertiary/aromatic N) is 1. The number of ether oxygens (including phenoxy) is 1. The van der Waals surface area contributed by atoms with Crippen LogP contribution in [0.2, 0.25) is 0 Å². The molecule has 7 nitrogen and oxygen atoms in total. The number of hydrogen-bond donors (Lipinski definition) is 2. The van der Waals surface area contributed by atoms with Crippen LogP contribution in [0.25, 0.3) is 0 Å². The molecule has 25 heavy (non-hydrogen) atoms. The molecule has 2 amide bonds. The number of amides is 2. The lowest BCUT2D eigenvalue weighted by Crippen LogP contribution is -2.47. The van der Waals surface area contributed by atoms with Gasteiger partial charge in [-0.15, -0.1) is 0 Å². The zero-order valence-electron chi connectivity index (χ0n) is 14.3. The van der Waals surface area contributed by atoms with Gasteiger partial charge in [0.2, 0.25) is 11.8 Å². The Balaban J connectivity index is 2.14. The Morgan fingerprint density at radius 1 is 1.24 bits per heavy atom. The van der Waals surface area contributed by atoms with Crippen LogP contribution in [-0.4, -0.2) is 53.6 Å². The first-order valence-electron chi connectivity index (χ1n) is 8.38. The fourth-order valence-corrected chi connectivity index (χ4v) is 3.04. The van der Waals surface area contributed by atoms with Gasteiger partial charge in [0.15, 0.2) is 0 Å². The quantitative estimate of drug-likeness (QED) is 0.775. The second kappa shape index (κ2) is 9.17. The molecule has 1 fully saturated rings. The van der Waals surface area contributed by atoms with Crippen molar-refractivity contribution in [2.75, 3.05) is 19.8 Å². The molecule has 1 aliphatic heterocycles. The summed E-state index contributed by atoms with van der Waals surface area (Å²) in [5.74, 6) is -1.56. The smallest absolute Gasteiger partial charge is 0.323 e. The van der Waals surface area contributed by atoms with Gasteiger partial charge in [-0.1, -0.05) is 30.3 Å². The van der Waals surface area contributed by atoms with E-state index in [4.69, 9.17) is 9.84 Å². The largest absolute Gasteiger partial charge is 0.480 e. The molecule has 2 rings (SSSR count). The Morgan fingerprint density at radius 2 is 1.88 bits per heavy atom. The lowest BCUT2D eigenvalue weighted by atomic mass is 10.0. The van der Waals surface area contributed by atoms with Gasteiger partial charge in [0.1, 0.15) is 6.54 Å². The second-order valence-electron chi connectivity index (χ2n) is 6.13. The van der Waals surface area contributed by atoms with Crippen molar-refractivity contribution in [2.45, 2.75) is 38.3 Å². The summed E-state index contributed by atoms with van der Waals surface area (Å²) in [5, 5.41) is 11.9. The molecule has 0 radical (unpaired) electrons. The maximum absolute atomic E-state index is 12.8. The van der Waals surface area contributed by atoms with E-state index in [0.717, 1.165) is 5.56 Å². The topological polar surface area (TPSA) is 95.9 Å². The van der Waals surface area contributed by atoms with Gasteiger partial charge in [-0.25, -0.2) is 0 Å². The molecule has 7 heteroatoms. The second-order valence-corrected chi connectivity index (χ2v) is 6.13. The van der Waals surface area contributed by atoms with Crippen LogP contribution < -0.4 is 5.32 Å². The van der Waals surface area contributed by atoms with E-state index in [9.17, 15) is 14.4 Å². The molecule has 1 atom stereocenters. The summed E-state index contributed by atoms with van der Waals surface area (Å²) in [6, 6.07) is 8.57. The first-order chi connectivity index (χ1) is 12.0. The standard InChI is InChI=1S/C18H24N2O5/c1-13(21)19-16(14-5-3-2-4-6-14)11-17(22)20(12-18(23)24)15-7-9-25-10-8-15/h2-6,15-16H,7-12H2,1H3,(H,19,21)(H,23,24). The summed E-state index contributed by atoms with van der Waals surface area (Å²) >= 11 is 0. The SMILES string of the molecule is CC(=O)NC(CC(=O)N(CC(=O)O)C1CCOCC1)c1ccccc1. The van der Waals surface area contributed by atoms with Crippen molar-refractivity contribution < 1.29 is 24.2 Å². The molecule has 1 heterocycles. The summed E-state index contributed by atoms with van der Waals surface area (Å²) in [5.41, 5.74) is 0.813. The molecule has 0 aliphatic carbocycles. The van der Waals surface area contributed by atoms with Crippen LogP contribution in [0.3, 0.4) is 0 Å². The Morgan fingerprint density at radius 3 is 2.44 bits per heavy atom. The Labute approximate surface area is 147 Å². The number of aliphatic carboxylic acids is 1. The number of carbonyl (C=O) groups is 3. The van der Waals surface area contributed by atoms with E-state index in [-0.39, 0.29) is 30.8 Å². The monoisotopic (exact) mass is 348 g/mol. The van der Waals surface area contributed by atoms with Crippen molar-refractivity contribution in [3.8, 4) is 0 Å². The molecule has 2 N–H and O–H groups in total. The molecule has 0 saturated carbocycles. The Hall–Kier alpha value is -2.41. The molecule has 136 valence electrons. The number of carboxylic acid groups (broad SMARTS) is 1. The molecule has 1 aromatic carbocycles. The highest BCUT2D eigenvalue weighted by molar-refractivity contribution is 5.83. The summed E-state index contributed by atoms with van der Waals surface area (Å²) in [6.45, 7) is 2.09. The zero-order valence-corrected chi connectivity index (χ0v) is 14.3. The Kier molecular flexibility index (Phi) is 6.94. The van der Waals surface area contributed by atoms with Gasteiger partial charge in [0.05, 0.1) is 12.5 Å². The van der Waals surface area contributed by atoms with E-state index in [2.05, 4.69) is 5.32 Å². The molecule has 1 aliphatic rings. The van der Waals surface area contributed by atoms with Crippen molar-refractivity contribution in [3.63, 3.8) is 0 Å². The number of hydrogen-bond acceptors (Lipinski definition) is 4. The van der Waals surface area contributed by atoms with E-state index < -0.39 is 12.0 Å². The molecular weight excluding hydrogens is 324 g/mol. The van der Waals surface area contributed by atoms with Crippen molar-refractivity contribution in [1.82, 2.24) is 10.2 Å².